The Balaban J connectivity index is 1.11. The minimum absolute atomic E-state index is 0.0481. The lowest BCUT2D eigenvalue weighted by molar-refractivity contribution is -0.218. The third-order valence-electron chi connectivity index (χ3n) is 16.5. The van der Waals surface area contributed by atoms with E-state index < -0.39 is 11.4 Å². The molecule has 6 heteroatoms. The monoisotopic (exact) mass is 650 g/mol. The molecule has 6 aliphatic carbocycles. The molecule has 0 aromatic carbocycles. The van der Waals surface area contributed by atoms with Crippen molar-refractivity contribution in [2.45, 2.75) is 124 Å². The van der Waals surface area contributed by atoms with Gasteiger partial charge in [0.1, 0.15) is 11.7 Å². The topological polar surface area (TPSA) is 69.6 Å². The molecule has 5 nitrogen and oxygen atoms in total. The van der Waals surface area contributed by atoms with Gasteiger partial charge in [0.25, 0.3) is 0 Å². The number of carbonyl (C=O) groups excluding carboxylic acids is 1. The molecule has 0 spiro atoms. The second-order valence-corrected chi connectivity index (χ2v) is 19.5. The maximum absolute atomic E-state index is 11.9. The Bertz CT molecular complexity index is 1290. The van der Waals surface area contributed by atoms with Gasteiger partial charge in [0.05, 0.1) is 0 Å². The molecule has 7 rings (SSSR count). The number of hydrogen-bond donors (Lipinski definition) is 2. The van der Waals surface area contributed by atoms with Gasteiger partial charge in [-0.3, -0.25) is 4.79 Å². The minimum atomic E-state index is -1.24. The van der Waals surface area contributed by atoms with Gasteiger partial charge in [0.15, 0.2) is 0 Å². The van der Waals surface area contributed by atoms with Gasteiger partial charge >= 0.3 is 5.97 Å². The number of carboxylic acid groups (broad SMARTS) is 1. The number of hydrogen-bond acceptors (Lipinski definition) is 5. The second kappa shape index (κ2) is 11.8. The lowest BCUT2D eigenvalue weighted by atomic mass is 9.33. The molecule has 256 valence electrons. The Morgan fingerprint density at radius 2 is 1.70 bits per heavy atom. The molecule has 0 aromatic rings. The molecule has 5 fully saturated rings. The highest BCUT2D eigenvalue weighted by atomic mass is 32.2. The van der Waals surface area contributed by atoms with Crippen LogP contribution in [0.25, 0.3) is 0 Å². The molecule has 4 saturated carbocycles. The number of carboxylic acids is 1. The van der Waals surface area contributed by atoms with E-state index in [1.165, 1.54) is 100 Å². The van der Waals surface area contributed by atoms with Crippen LogP contribution in [-0.4, -0.2) is 65.5 Å². The van der Waals surface area contributed by atoms with Crippen molar-refractivity contribution >= 4 is 24.0 Å². The number of thioether (sulfide) groups is 1. The fourth-order valence-electron chi connectivity index (χ4n) is 13.8. The third kappa shape index (κ3) is 4.83. The second-order valence-electron chi connectivity index (χ2n) is 18.3. The molecular formula is C40H62N2O3S. The molecule has 0 amide bonds. The van der Waals surface area contributed by atoms with Crippen LogP contribution in [0.4, 0.5) is 0 Å². The van der Waals surface area contributed by atoms with Gasteiger partial charge in [0.2, 0.25) is 0 Å². The predicted molar refractivity (Wildman–Crippen MR) is 189 cm³/mol. The molecular weight excluding hydrogens is 589 g/mol. The first kappa shape index (κ1) is 33.4. The number of nitrogens with zero attached hydrogens (tertiary/aromatic N) is 1. The van der Waals surface area contributed by atoms with E-state index in [1.807, 2.05) is 0 Å². The van der Waals surface area contributed by atoms with Crippen LogP contribution in [0.5, 0.6) is 0 Å². The van der Waals surface area contributed by atoms with Gasteiger partial charge in [-0.15, -0.1) is 0 Å². The fraction of sp³-hybridized carbons (Fsp3) is 0.850. The van der Waals surface area contributed by atoms with Crippen molar-refractivity contribution in [3.63, 3.8) is 0 Å². The van der Waals surface area contributed by atoms with Crippen LogP contribution in [-0.2, 0) is 9.59 Å². The summed E-state index contributed by atoms with van der Waals surface area (Å²) in [5.41, 5.74) is 3.01. The van der Waals surface area contributed by atoms with Gasteiger partial charge in [0, 0.05) is 43.2 Å². The first-order chi connectivity index (χ1) is 21.9. The minimum Gasteiger partial charge on any atom is -0.480 e. The summed E-state index contributed by atoms with van der Waals surface area (Å²) in [7, 11) is 0. The van der Waals surface area contributed by atoms with Crippen molar-refractivity contribution in [1.29, 1.82) is 0 Å². The summed E-state index contributed by atoms with van der Waals surface area (Å²) in [6.45, 7) is 18.0. The predicted octanol–water partition coefficient (Wildman–Crippen LogP) is 8.15. The SMILES string of the molecule is CC1(C)C(C2=CCC(C=O)(C(=O)O)CC2)=CCC2(C)C1CCC1(C)C2CCC2[C@H]3CCCC3(NCCN3CCSCC3)CC[C@]21C. The third-order valence-corrected chi connectivity index (χ3v) is 17.4. The number of aldehydes is 1. The van der Waals surface area contributed by atoms with E-state index in [0.29, 0.717) is 47.8 Å². The highest BCUT2D eigenvalue weighted by Crippen LogP contribution is 2.76. The summed E-state index contributed by atoms with van der Waals surface area (Å²) in [5.74, 6) is 4.67. The van der Waals surface area contributed by atoms with Crippen LogP contribution < -0.4 is 5.32 Å². The van der Waals surface area contributed by atoms with Crippen LogP contribution in [0, 0.1) is 50.7 Å². The molecule has 1 aliphatic heterocycles. The normalized spacial score (nSPS) is 47.0. The number of allylic oxidation sites excluding steroid dienone is 4. The lowest BCUT2D eigenvalue weighted by Gasteiger charge is -2.72. The summed E-state index contributed by atoms with van der Waals surface area (Å²) in [4.78, 5) is 26.4. The van der Waals surface area contributed by atoms with Gasteiger partial charge in [-0.05, 0) is 134 Å². The van der Waals surface area contributed by atoms with Crippen molar-refractivity contribution in [2.75, 3.05) is 37.7 Å². The van der Waals surface area contributed by atoms with Gasteiger partial charge < -0.3 is 20.1 Å². The summed E-state index contributed by atoms with van der Waals surface area (Å²) in [5, 5.41) is 14.1. The zero-order valence-electron chi connectivity index (χ0n) is 29.6. The van der Waals surface area contributed by atoms with Gasteiger partial charge in [-0.1, -0.05) is 53.2 Å². The summed E-state index contributed by atoms with van der Waals surface area (Å²) < 4.78 is 0. The highest BCUT2D eigenvalue weighted by Gasteiger charge is 2.69. The summed E-state index contributed by atoms with van der Waals surface area (Å²) >= 11 is 2.11. The molecule has 1 saturated heterocycles. The van der Waals surface area contributed by atoms with E-state index in [2.05, 4.69) is 68.7 Å². The van der Waals surface area contributed by atoms with Crippen molar-refractivity contribution < 1.29 is 14.7 Å². The number of aliphatic carboxylic acids is 1. The number of nitrogens with one attached hydrogen (secondary N) is 1. The van der Waals surface area contributed by atoms with Crippen molar-refractivity contribution in [3.05, 3.63) is 23.3 Å². The largest absolute Gasteiger partial charge is 0.480 e. The average Bonchev–Trinajstić information content (AvgIpc) is 3.46. The first-order valence-corrected chi connectivity index (χ1v) is 20.2. The Hall–Kier alpha value is -1.11. The number of fused-ring (bicyclic) bond motifs is 7. The van der Waals surface area contributed by atoms with Gasteiger partial charge in [-0.25, -0.2) is 0 Å². The average molecular weight is 651 g/mol. The molecule has 0 radical (unpaired) electrons. The smallest absolute Gasteiger partial charge is 0.317 e. The zero-order valence-corrected chi connectivity index (χ0v) is 30.4. The van der Waals surface area contributed by atoms with E-state index in [9.17, 15) is 14.7 Å². The molecule has 2 N–H and O–H groups in total. The molecule has 1 heterocycles. The van der Waals surface area contributed by atoms with E-state index >= 15 is 0 Å². The van der Waals surface area contributed by atoms with E-state index in [1.54, 1.807) is 0 Å². The van der Waals surface area contributed by atoms with Crippen LogP contribution in [0.3, 0.4) is 0 Å². The summed E-state index contributed by atoms with van der Waals surface area (Å²) in [6.07, 6.45) is 20.3. The summed E-state index contributed by atoms with van der Waals surface area (Å²) in [6, 6.07) is 0. The van der Waals surface area contributed by atoms with Crippen LogP contribution in [0.2, 0.25) is 0 Å². The van der Waals surface area contributed by atoms with Gasteiger partial charge in [-0.2, -0.15) is 11.8 Å². The number of carbonyl (C=O) groups is 2. The fourth-order valence-corrected chi connectivity index (χ4v) is 14.8. The quantitative estimate of drug-likeness (QED) is 0.214. The Morgan fingerprint density at radius 1 is 0.913 bits per heavy atom. The van der Waals surface area contributed by atoms with Crippen LogP contribution in [0.15, 0.2) is 23.3 Å². The van der Waals surface area contributed by atoms with Crippen molar-refractivity contribution in [3.8, 4) is 0 Å². The first-order valence-electron chi connectivity index (χ1n) is 19.0. The van der Waals surface area contributed by atoms with E-state index in [0.717, 1.165) is 30.7 Å². The Labute approximate surface area is 283 Å². The lowest BCUT2D eigenvalue weighted by Crippen LogP contribution is -2.67. The number of rotatable bonds is 7. The zero-order chi connectivity index (χ0) is 32.6. The van der Waals surface area contributed by atoms with Crippen LogP contribution in [0.1, 0.15) is 118 Å². The van der Waals surface area contributed by atoms with E-state index in [4.69, 9.17) is 0 Å². The Kier molecular flexibility index (Phi) is 8.53. The van der Waals surface area contributed by atoms with Crippen LogP contribution >= 0.6 is 11.8 Å². The maximum Gasteiger partial charge on any atom is 0.317 e. The highest BCUT2D eigenvalue weighted by molar-refractivity contribution is 7.99. The Morgan fingerprint density at radius 3 is 2.39 bits per heavy atom. The molecule has 46 heavy (non-hydrogen) atoms. The van der Waals surface area contributed by atoms with E-state index in [-0.39, 0.29) is 10.8 Å². The van der Waals surface area contributed by atoms with Crippen molar-refractivity contribution in [1.82, 2.24) is 10.2 Å². The molecule has 9 atom stereocenters. The standard InChI is InChI=1S/C40H62N2O3S/c1-35(2)29(28-10-17-39(27-43,18-11-28)34(44)45)12-15-36(3)32(35)13-16-38(5)33(36)9-8-30-31-7-6-14-40(31,20-19-37(30,38)4)41-21-22-42-23-25-46-26-24-42/h10,12,27,30-33,41H,6-9,11,13-26H2,1-5H3,(H,44,45)/t30?,31-,32?,33?,36?,37-,38?,39?,40?/m1/s1. The van der Waals surface area contributed by atoms with Crippen molar-refractivity contribution in [2.24, 2.45) is 50.7 Å². The molecule has 7 aliphatic rings. The molecule has 0 aromatic heterocycles. The maximum atomic E-state index is 11.9. The molecule has 0 bridgehead atoms. The molecule has 7 unspecified atom stereocenters.